The average molecular weight is 719 g/mol. The quantitative estimate of drug-likeness (QED) is 0.219. The molecule has 280 valence electrons. The van der Waals surface area contributed by atoms with Crippen molar-refractivity contribution in [2.75, 3.05) is 18.8 Å². The topological polar surface area (TPSA) is 110 Å². The molecule has 8 heteroatoms. The molecule has 2 bridgehead atoms. The molecule has 4 saturated carbocycles. The van der Waals surface area contributed by atoms with E-state index in [1.807, 2.05) is 12.1 Å². The fraction of sp³-hybridized carbons (Fsp3) is 0.721. The molecule has 1 amide bonds. The van der Waals surface area contributed by atoms with Crippen molar-refractivity contribution in [3.8, 4) is 0 Å². The van der Waals surface area contributed by atoms with Crippen LogP contribution in [0.15, 0.2) is 42.5 Å². The lowest BCUT2D eigenvalue weighted by Crippen LogP contribution is -2.68. The third-order valence-corrected chi connectivity index (χ3v) is 19.6. The Morgan fingerprint density at radius 2 is 1.67 bits per heavy atom. The number of allylic oxidation sites excluding steroid dienone is 3. The van der Waals surface area contributed by atoms with Crippen LogP contribution in [0.3, 0.4) is 0 Å². The molecule has 2 saturated heterocycles. The zero-order chi connectivity index (χ0) is 36.5. The maximum atomic E-state index is 14.0. The lowest BCUT2D eigenvalue weighted by molar-refractivity contribution is -0.219. The Balaban J connectivity index is 1.06. The van der Waals surface area contributed by atoms with E-state index in [0.717, 1.165) is 44.1 Å². The van der Waals surface area contributed by atoms with Gasteiger partial charge in [0.2, 0.25) is 5.91 Å². The highest BCUT2D eigenvalue weighted by atomic mass is 32.3. The standard InChI is InChI=1S/C43H62N2O5S/c1-26(2)31-14-19-43(44-36(46)24-45-23-30-22-29(45)25-51(30,49)50)21-20-41(6)33(37(31)43)12-13-35-40(5)17-15-32(27-8-10-28(11-9-27)38(47)48)39(3,4)34(40)16-18-42(35,41)7/h8-11,15,29-31,33-35,37,49-50H,1,12-14,16-25H2,2-7H3,(H,44,46)(H,47,48)/t29-,30-,31-,33+,34-,35+,37+,40-,41+,42+,43-/m0/s1. The van der Waals surface area contributed by atoms with Crippen LogP contribution in [0.25, 0.3) is 5.57 Å². The number of hydrogen-bond acceptors (Lipinski definition) is 5. The summed E-state index contributed by atoms with van der Waals surface area (Å²) in [6.45, 7) is 20.5. The van der Waals surface area contributed by atoms with Crippen molar-refractivity contribution in [1.29, 1.82) is 0 Å². The monoisotopic (exact) mass is 718 g/mol. The first-order chi connectivity index (χ1) is 23.9. The molecule has 0 spiro atoms. The number of likely N-dealkylation sites (tertiary alicyclic amines) is 1. The van der Waals surface area contributed by atoms with Gasteiger partial charge in [-0.3, -0.25) is 18.8 Å². The number of carboxylic acids is 1. The van der Waals surface area contributed by atoms with Crippen molar-refractivity contribution in [2.45, 2.75) is 123 Å². The van der Waals surface area contributed by atoms with Gasteiger partial charge in [-0.1, -0.05) is 65.0 Å². The van der Waals surface area contributed by atoms with E-state index in [4.69, 9.17) is 0 Å². The molecule has 0 unspecified atom stereocenters. The number of amides is 1. The number of hydrogen-bond donors (Lipinski definition) is 4. The maximum absolute atomic E-state index is 14.0. The highest BCUT2D eigenvalue weighted by molar-refractivity contribution is 8.25. The highest BCUT2D eigenvalue weighted by Gasteiger charge is 2.70. The molecule has 1 aromatic carbocycles. The Bertz CT molecular complexity index is 1670. The molecule has 7 aliphatic rings. The second kappa shape index (κ2) is 11.7. The van der Waals surface area contributed by atoms with Crippen molar-refractivity contribution >= 4 is 28.0 Å². The van der Waals surface area contributed by atoms with E-state index in [-0.39, 0.29) is 44.4 Å². The second-order valence-electron chi connectivity index (χ2n) is 19.6. The van der Waals surface area contributed by atoms with E-state index in [1.165, 1.54) is 36.8 Å². The van der Waals surface area contributed by atoms with Crippen molar-refractivity contribution in [3.05, 3.63) is 53.6 Å². The first-order valence-corrected chi connectivity index (χ1v) is 21.6. The average Bonchev–Trinajstić information content (AvgIpc) is 3.71. The Hall–Kier alpha value is -2.13. The first kappa shape index (κ1) is 35.9. The summed E-state index contributed by atoms with van der Waals surface area (Å²) in [7, 11) is -2.49. The van der Waals surface area contributed by atoms with Crippen LogP contribution in [0.2, 0.25) is 0 Å². The number of carbonyl (C=O) groups excluding carboxylic acids is 1. The van der Waals surface area contributed by atoms with Crippen LogP contribution < -0.4 is 5.32 Å². The SMILES string of the molecule is C=C(C)[C@@H]1CC[C@]2(NC(=O)CN3C[C@@H]4C[C@H]3CS4(O)O)CC[C@]3(C)[C@H](CC[C@@H]4[C@@]5(C)CC=C(c6ccc(C(=O)O)cc6)C(C)(C)[C@@H]5CC[C@]43C)[C@@H]12. The molecular weight excluding hydrogens is 657 g/mol. The summed E-state index contributed by atoms with van der Waals surface area (Å²) in [6, 6.07) is 7.64. The van der Waals surface area contributed by atoms with Crippen molar-refractivity contribution < 1.29 is 23.8 Å². The normalized spacial score (nSPS) is 45.4. The molecule has 1 aromatic rings. The van der Waals surface area contributed by atoms with Gasteiger partial charge in [-0.25, -0.2) is 4.79 Å². The highest BCUT2D eigenvalue weighted by Crippen LogP contribution is 2.76. The van der Waals surface area contributed by atoms with Crippen LogP contribution in [-0.4, -0.2) is 66.7 Å². The minimum Gasteiger partial charge on any atom is -0.478 e. The fourth-order valence-electron chi connectivity index (χ4n) is 14.8. The van der Waals surface area contributed by atoms with E-state index in [0.29, 0.717) is 54.0 Å². The third kappa shape index (κ3) is 5.08. The van der Waals surface area contributed by atoms with Crippen LogP contribution in [0.4, 0.5) is 0 Å². The Labute approximate surface area is 307 Å². The molecular formula is C43H62N2O5S. The molecule has 6 fully saturated rings. The third-order valence-electron chi connectivity index (χ3n) is 17.3. The van der Waals surface area contributed by atoms with Gasteiger partial charge in [0.25, 0.3) is 0 Å². The predicted octanol–water partition coefficient (Wildman–Crippen LogP) is 9.11. The summed E-state index contributed by atoms with van der Waals surface area (Å²) in [4.78, 5) is 27.7. The Morgan fingerprint density at radius 1 is 0.941 bits per heavy atom. The number of fused-ring (bicyclic) bond motifs is 9. The second-order valence-corrected chi connectivity index (χ2v) is 22.1. The minimum absolute atomic E-state index is 0.0225. The summed E-state index contributed by atoms with van der Waals surface area (Å²) < 4.78 is 20.8. The van der Waals surface area contributed by atoms with Crippen LogP contribution in [0, 0.1) is 51.2 Å². The van der Waals surface area contributed by atoms with Crippen LogP contribution in [-0.2, 0) is 4.79 Å². The molecule has 2 heterocycles. The largest absolute Gasteiger partial charge is 0.478 e. The molecule has 7 nitrogen and oxygen atoms in total. The van der Waals surface area contributed by atoms with E-state index >= 15 is 0 Å². The van der Waals surface area contributed by atoms with Gasteiger partial charge in [0.15, 0.2) is 0 Å². The van der Waals surface area contributed by atoms with Crippen LogP contribution >= 0.6 is 10.6 Å². The minimum atomic E-state index is -2.49. The number of rotatable bonds is 6. The summed E-state index contributed by atoms with van der Waals surface area (Å²) in [5.74, 6) is 2.16. The molecule has 0 radical (unpaired) electrons. The Kier molecular flexibility index (Phi) is 8.22. The van der Waals surface area contributed by atoms with E-state index < -0.39 is 16.6 Å². The number of nitrogens with one attached hydrogen (secondary N) is 1. The smallest absolute Gasteiger partial charge is 0.335 e. The van der Waals surface area contributed by atoms with Crippen molar-refractivity contribution in [3.63, 3.8) is 0 Å². The summed E-state index contributed by atoms with van der Waals surface area (Å²) in [5.41, 5.74) is 4.46. The van der Waals surface area contributed by atoms with Crippen molar-refractivity contribution in [2.24, 2.45) is 51.2 Å². The zero-order valence-electron chi connectivity index (χ0n) is 31.8. The summed E-state index contributed by atoms with van der Waals surface area (Å²) >= 11 is 0. The van der Waals surface area contributed by atoms with Crippen LogP contribution in [0.1, 0.15) is 122 Å². The molecule has 0 aromatic heterocycles. The van der Waals surface area contributed by atoms with Gasteiger partial charge in [0, 0.05) is 18.1 Å². The number of benzene rings is 1. The molecule has 5 aliphatic carbocycles. The molecule has 4 N–H and O–H groups in total. The number of nitrogens with zero attached hydrogens (tertiary/aromatic N) is 1. The summed E-state index contributed by atoms with van der Waals surface area (Å²) in [5, 5.41) is 13.1. The Morgan fingerprint density at radius 3 is 2.29 bits per heavy atom. The molecule has 51 heavy (non-hydrogen) atoms. The predicted molar refractivity (Wildman–Crippen MR) is 206 cm³/mol. The van der Waals surface area contributed by atoms with Gasteiger partial charge in [-0.15, -0.1) is 0 Å². The van der Waals surface area contributed by atoms with Gasteiger partial charge >= 0.3 is 5.97 Å². The number of carboxylic acid groups (broad SMARTS) is 1. The number of carbonyl (C=O) groups is 2. The lowest BCUT2D eigenvalue weighted by Gasteiger charge is -2.72. The molecule has 2 aliphatic heterocycles. The van der Waals surface area contributed by atoms with Gasteiger partial charge < -0.3 is 10.4 Å². The van der Waals surface area contributed by atoms with Gasteiger partial charge in [-0.05, 0) is 146 Å². The first-order valence-electron chi connectivity index (χ1n) is 19.9. The zero-order valence-corrected chi connectivity index (χ0v) is 32.7. The van der Waals surface area contributed by atoms with E-state index in [1.54, 1.807) is 12.1 Å². The van der Waals surface area contributed by atoms with E-state index in [2.05, 4.69) is 64.4 Å². The molecule has 11 atom stereocenters. The summed E-state index contributed by atoms with van der Waals surface area (Å²) in [6.07, 6.45) is 13.5. The number of aromatic carboxylic acids is 1. The fourth-order valence-corrected chi connectivity index (χ4v) is 16.9. The van der Waals surface area contributed by atoms with Gasteiger partial charge in [0.05, 0.1) is 23.1 Å². The van der Waals surface area contributed by atoms with Gasteiger partial charge in [-0.2, -0.15) is 10.6 Å². The van der Waals surface area contributed by atoms with E-state index in [9.17, 15) is 23.8 Å². The van der Waals surface area contributed by atoms with Crippen molar-refractivity contribution in [1.82, 2.24) is 10.2 Å². The molecule has 8 rings (SSSR count). The lowest BCUT2D eigenvalue weighted by atomic mass is 9.33. The van der Waals surface area contributed by atoms with Crippen LogP contribution in [0.5, 0.6) is 0 Å². The maximum Gasteiger partial charge on any atom is 0.335 e. The van der Waals surface area contributed by atoms with Gasteiger partial charge in [0.1, 0.15) is 0 Å².